The summed E-state index contributed by atoms with van der Waals surface area (Å²) in [5.41, 5.74) is 2.77. The van der Waals surface area contributed by atoms with Gasteiger partial charge in [-0.2, -0.15) is 0 Å². The molecule has 88 valence electrons. The first-order chi connectivity index (χ1) is 7.75. The summed E-state index contributed by atoms with van der Waals surface area (Å²) in [7, 11) is 0. The van der Waals surface area contributed by atoms with Crippen LogP contribution >= 0.6 is 15.9 Å². The summed E-state index contributed by atoms with van der Waals surface area (Å²) in [5.74, 6) is 0. The SMILES string of the molecule is Cc1ccc(CCCCNC2CC2)c(Br)c1. The molecule has 1 nitrogen and oxygen atoms in total. The second-order valence-electron chi connectivity index (χ2n) is 4.78. The van der Waals surface area contributed by atoms with Crippen LogP contribution in [0.3, 0.4) is 0 Å². The molecule has 0 unspecified atom stereocenters. The Labute approximate surface area is 107 Å². The lowest BCUT2D eigenvalue weighted by Gasteiger charge is -2.06. The number of benzene rings is 1. The average Bonchev–Trinajstić information content (AvgIpc) is 3.04. The molecule has 2 heteroatoms. The van der Waals surface area contributed by atoms with Crippen LogP contribution in [0.15, 0.2) is 22.7 Å². The van der Waals surface area contributed by atoms with Crippen molar-refractivity contribution in [2.75, 3.05) is 6.54 Å². The molecule has 1 fully saturated rings. The predicted octanol–water partition coefficient (Wildman–Crippen LogP) is 3.83. The molecule has 16 heavy (non-hydrogen) atoms. The normalized spacial score (nSPS) is 15.4. The molecular weight excluding hydrogens is 262 g/mol. The summed E-state index contributed by atoms with van der Waals surface area (Å²) < 4.78 is 1.27. The molecule has 0 spiro atoms. The summed E-state index contributed by atoms with van der Waals surface area (Å²) >= 11 is 3.63. The second-order valence-corrected chi connectivity index (χ2v) is 5.63. The summed E-state index contributed by atoms with van der Waals surface area (Å²) in [4.78, 5) is 0. The molecule has 0 aliphatic heterocycles. The Morgan fingerprint density at radius 2 is 2.12 bits per heavy atom. The van der Waals surface area contributed by atoms with Gasteiger partial charge in [-0.25, -0.2) is 0 Å². The van der Waals surface area contributed by atoms with Crippen LogP contribution in [0, 0.1) is 6.92 Å². The zero-order chi connectivity index (χ0) is 11.4. The van der Waals surface area contributed by atoms with Gasteiger partial charge in [0.25, 0.3) is 0 Å². The van der Waals surface area contributed by atoms with Gasteiger partial charge in [0, 0.05) is 10.5 Å². The van der Waals surface area contributed by atoms with Gasteiger partial charge in [-0.15, -0.1) is 0 Å². The van der Waals surface area contributed by atoms with Crippen LogP contribution in [-0.4, -0.2) is 12.6 Å². The molecule has 0 aromatic heterocycles. The number of rotatable bonds is 6. The molecule has 0 atom stereocenters. The van der Waals surface area contributed by atoms with Gasteiger partial charge in [-0.1, -0.05) is 28.1 Å². The van der Waals surface area contributed by atoms with Crippen LogP contribution in [-0.2, 0) is 6.42 Å². The van der Waals surface area contributed by atoms with E-state index in [-0.39, 0.29) is 0 Å². The molecule has 1 aliphatic carbocycles. The van der Waals surface area contributed by atoms with E-state index < -0.39 is 0 Å². The molecule has 1 aromatic carbocycles. The fraction of sp³-hybridized carbons (Fsp3) is 0.571. The number of aryl methyl sites for hydroxylation is 2. The zero-order valence-corrected chi connectivity index (χ0v) is 11.5. The smallest absolute Gasteiger partial charge is 0.0209 e. The van der Waals surface area contributed by atoms with Gasteiger partial charge in [0.1, 0.15) is 0 Å². The third-order valence-electron chi connectivity index (χ3n) is 3.09. The molecule has 1 aromatic rings. The maximum Gasteiger partial charge on any atom is 0.0209 e. The van der Waals surface area contributed by atoms with Crippen LogP contribution in [0.5, 0.6) is 0 Å². The highest BCUT2D eigenvalue weighted by atomic mass is 79.9. The van der Waals surface area contributed by atoms with E-state index >= 15 is 0 Å². The van der Waals surface area contributed by atoms with Crippen molar-refractivity contribution in [3.8, 4) is 0 Å². The number of unbranched alkanes of at least 4 members (excludes halogenated alkanes) is 1. The van der Waals surface area contributed by atoms with E-state index in [1.54, 1.807) is 0 Å². The summed E-state index contributed by atoms with van der Waals surface area (Å²) in [6.45, 7) is 3.32. The van der Waals surface area contributed by atoms with Gasteiger partial charge >= 0.3 is 0 Å². The quantitative estimate of drug-likeness (QED) is 0.782. The number of halogens is 1. The molecule has 0 saturated heterocycles. The third kappa shape index (κ3) is 3.91. The highest BCUT2D eigenvalue weighted by molar-refractivity contribution is 9.10. The van der Waals surface area contributed by atoms with Gasteiger partial charge in [0.05, 0.1) is 0 Å². The maximum absolute atomic E-state index is 3.63. The zero-order valence-electron chi connectivity index (χ0n) is 9.93. The van der Waals surface area contributed by atoms with Crippen molar-refractivity contribution in [1.82, 2.24) is 5.32 Å². The van der Waals surface area contributed by atoms with Gasteiger partial charge in [-0.3, -0.25) is 0 Å². The molecule has 0 heterocycles. The van der Waals surface area contributed by atoms with Crippen LogP contribution in [0.4, 0.5) is 0 Å². The summed E-state index contributed by atoms with van der Waals surface area (Å²) in [5, 5.41) is 3.55. The van der Waals surface area contributed by atoms with Gasteiger partial charge < -0.3 is 5.32 Å². The molecular formula is C14H20BrN. The Morgan fingerprint density at radius 3 is 2.81 bits per heavy atom. The van der Waals surface area contributed by atoms with Crippen molar-refractivity contribution >= 4 is 15.9 Å². The lowest BCUT2D eigenvalue weighted by Crippen LogP contribution is -2.17. The van der Waals surface area contributed by atoms with Crippen molar-refractivity contribution in [2.24, 2.45) is 0 Å². The van der Waals surface area contributed by atoms with Crippen LogP contribution < -0.4 is 5.32 Å². The summed E-state index contributed by atoms with van der Waals surface area (Å²) in [6.07, 6.45) is 6.54. The molecule has 1 aliphatic rings. The van der Waals surface area contributed by atoms with Crippen LogP contribution in [0.2, 0.25) is 0 Å². The molecule has 2 rings (SSSR count). The van der Waals surface area contributed by atoms with E-state index in [2.05, 4.69) is 46.4 Å². The lowest BCUT2D eigenvalue weighted by molar-refractivity contribution is 0.619. The average molecular weight is 282 g/mol. The summed E-state index contributed by atoms with van der Waals surface area (Å²) in [6, 6.07) is 7.50. The van der Waals surface area contributed by atoms with Crippen LogP contribution in [0.1, 0.15) is 36.8 Å². The van der Waals surface area contributed by atoms with Gasteiger partial charge in [0.15, 0.2) is 0 Å². The van der Waals surface area contributed by atoms with Gasteiger partial charge in [-0.05, 0) is 62.8 Å². The highest BCUT2D eigenvalue weighted by Gasteiger charge is 2.19. The Morgan fingerprint density at radius 1 is 1.31 bits per heavy atom. The number of nitrogens with one attached hydrogen (secondary N) is 1. The predicted molar refractivity (Wildman–Crippen MR) is 72.8 cm³/mol. The Hall–Kier alpha value is -0.340. The van der Waals surface area contributed by atoms with Crippen molar-refractivity contribution in [2.45, 2.75) is 45.1 Å². The van der Waals surface area contributed by atoms with E-state index in [4.69, 9.17) is 0 Å². The van der Waals surface area contributed by atoms with E-state index in [9.17, 15) is 0 Å². The largest absolute Gasteiger partial charge is 0.314 e. The fourth-order valence-electron chi connectivity index (χ4n) is 1.89. The van der Waals surface area contributed by atoms with E-state index in [0.29, 0.717) is 0 Å². The minimum atomic E-state index is 0.853. The molecule has 0 bridgehead atoms. The first-order valence-corrected chi connectivity index (χ1v) is 7.03. The van der Waals surface area contributed by atoms with E-state index in [0.717, 1.165) is 6.04 Å². The topological polar surface area (TPSA) is 12.0 Å². The fourth-order valence-corrected chi connectivity index (χ4v) is 2.58. The van der Waals surface area contributed by atoms with Crippen LogP contribution in [0.25, 0.3) is 0 Å². The Kier molecular flexibility index (Phi) is 4.42. The molecule has 1 N–H and O–H groups in total. The molecule has 0 amide bonds. The molecule has 1 saturated carbocycles. The van der Waals surface area contributed by atoms with E-state index in [1.807, 2.05) is 0 Å². The monoisotopic (exact) mass is 281 g/mol. The first kappa shape index (κ1) is 12.1. The minimum absolute atomic E-state index is 0.853. The maximum atomic E-state index is 3.63. The first-order valence-electron chi connectivity index (χ1n) is 6.24. The lowest BCUT2D eigenvalue weighted by atomic mass is 10.1. The second kappa shape index (κ2) is 5.83. The Bertz CT molecular complexity index is 345. The van der Waals surface area contributed by atoms with Crippen molar-refractivity contribution in [1.29, 1.82) is 0 Å². The van der Waals surface area contributed by atoms with Crippen molar-refractivity contribution in [3.63, 3.8) is 0 Å². The minimum Gasteiger partial charge on any atom is -0.314 e. The van der Waals surface area contributed by atoms with Crippen molar-refractivity contribution < 1.29 is 0 Å². The van der Waals surface area contributed by atoms with E-state index in [1.165, 1.54) is 54.2 Å². The third-order valence-corrected chi connectivity index (χ3v) is 3.83. The highest BCUT2D eigenvalue weighted by Crippen LogP contribution is 2.21. The van der Waals surface area contributed by atoms with Crippen molar-refractivity contribution in [3.05, 3.63) is 33.8 Å². The van der Waals surface area contributed by atoms with Gasteiger partial charge in [0.2, 0.25) is 0 Å². The number of hydrogen-bond acceptors (Lipinski definition) is 1. The number of hydrogen-bond donors (Lipinski definition) is 1. The standard InChI is InChI=1S/C14H20BrN/c1-11-5-6-12(14(15)10-11)4-2-3-9-16-13-7-8-13/h5-6,10,13,16H,2-4,7-9H2,1H3. The Balaban J connectivity index is 1.67. The molecule has 0 radical (unpaired) electrons.